The summed E-state index contributed by atoms with van der Waals surface area (Å²) in [6, 6.07) is 1.27. The van der Waals surface area contributed by atoms with Crippen molar-refractivity contribution in [3.8, 4) is 0 Å². The van der Waals surface area contributed by atoms with Crippen molar-refractivity contribution < 1.29 is 4.79 Å². The Balaban J connectivity index is 1.58. The first kappa shape index (κ1) is 10.4. The van der Waals surface area contributed by atoms with E-state index in [-0.39, 0.29) is 6.03 Å². The number of fused-ring (bicyclic) bond motifs is 1. The van der Waals surface area contributed by atoms with Crippen molar-refractivity contribution in [2.24, 2.45) is 5.92 Å². The predicted octanol–water partition coefficient (Wildman–Crippen LogP) is 2.51. The lowest BCUT2D eigenvalue weighted by atomic mass is 9.85. The molecule has 1 aliphatic heterocycles. The second kappa shape index (κ2) is 4.27. The van der Waals surface area contributed by atoms with Crippen molar-refractivity contribution in [3.05, 3.63) is 0 Å². The lowest BCUT2D eigenvalue weighted by Gasteiger charge is -2.34. The zero-order valence-corrected chi connectivity index (χ0v) is 9.95. The highest BCUT2D eigenvalue weighted by Crippen LogP contribution is 2.36. The van der Waals surface area contributed by atoms with Crippen LogP contribution in [0.4, 0.5) is 4.79 Å². The molecule has 2 saturated carbocycles. The van der Waals surface area contributed by atoms with Gasteiger partial charge in [0.05, 0.1) is 0 Å². The lowest BCUT2D eigenvalue weighted by Crippen LogP contribution is -2.50. The minimum atomic E-state index is 0.221. The normalized spacial score (nSPS) is 34.4. The summed E-state index contributed by atoms with van der Waals surface area (Å²) in [5.74, 6) is 0.806. The van der Waals surface area contributed by atoms with E-state index in [9.17, 15) is 4.79 Å². The minimum absolute atomic E-state index is 0.221. The molecular weight excluding hydrogens is 200 g/mol. The van der Waals surface area contributed by atoms with Gasteiger partial charge < -0.3 is 10.2 Å². The molecular formula is C13H22N2O. The van der Waals surface area contributed by atoms with Crippen LogP contribution in [0.3, 0.4) is 0 Å². The fourth-order valence-electron chi connectivity index (χ4n) is 3.47. The molecule has 3 nitrogen and oxygen atoms in total. The summed E-state index contributed by atoms with van der Waals surface area (Å²) in [4.78, 5) is 14.2. The van der Waals surface area contributed by atoms with E-state index in [1.165, 1.54) is 51.4 Å². The summed E-state index contributed by atoms with van der Waals surface area (Å²) in [5, 5.41) is 3.18. The van der Waals surface area contributed by atoms with Crippen LogP contribution in [-0.4, -0.2) is 29.6 Å². The predicted molar refractivity (Wildman–Crippen MR) is 63.2 cm³/mol. The molecule has 2 aliphatic carbocycles. The molecule has 0 aromatic rings. The number of hydrogen-bond acceptors (Lipinski definition) is 1. The fourth-order valence-corrected chi connectivity index (χ4v) is 3.47. The molecule has 1 saturated heterocycles. The average Bonchev–Trinajstić information content (AvgIpc) is 2.67. The van der Waals surface area contributed by atoms with E-state index in [0.29, 0.717) is 12.1 Å². The van der Waals surface area contributed by atoms with Gasteiger partial charge in [-0.3, -0.25) is 0 Å². The smallest absolute Gasteiger partial charge is 0.317 e. The fraction of sp³-hybridized carbons (Fsp3) is 0.923. The van der Waals surface area contributed by atoms with Crippen molar-refractivity contribution in [2.45, 2.75) is 63.5 Å². The molecule has 1 N–H and O–H groups in total. The molecule has 2 unspecified atom stereocenters. The lowest BCUT2D eigenvalue weighted by molar-refractivity contribution is 0.161. The zero-order chi connectivity index (χ0) is 11.0. The molecule has 90 valence electrons. The van der Waals surface area contributed by atoms with Crippen LogP contribution < -0.4 is 5.32 Å². The topological polar surface area (TPSA) is 32.3 Å². The van der Waals surface area contributed by atoms with Gasteiger partial charge in [-0.15, -0.1) is 0 Å². The Morgan fingerprint density at radius 2 is 1.81 bits per heavy atom. The molecule has 0 aromatic heterocycles. The molecule has 16 heavy (non-hydrogen) atoms. The third-order valence-corrected chi connectivity index (χ3v) is 4.70. The van der Waals surface area contributed by atoms with Gasteiger partial charge in [0.2, 0.25) is 0 Å². The third kappa shape index (κ3) is 1.80. The molecule has 3 heteroatoms. The summed E-state index contributed by atoms with van der Waals surface area (Å²) in [6.45, 7) is 0.994. The summed E-state index contributed by atoms with van der Waals surface area (Å²) < 4.78 is 0. The number of urea groups is 1. The van der Waals surface area contributed by atoms with Crippen LogP contribution in [0.2, 0.25) is 0 Å². The van der Waals surface area contributed by atoms with E-state index >= 15 is 0 Å². The largest absolute Gasteiger partial charge is 0.335 e. The minimum Gasteiger partial charge on any atom is -0.335 e. The van der Waals surface area contributed by atoms with E-state index in [4.69, 9.17) is 0 Å². The number of amides is 2. The van der Waals surface area contributed by atoms with Gasteiger partial charge >= 0.3 is 6.03 Å². The molecule has 3 fully saturated rings. The quantitative estimate of drug-likeness (QED) is 0.726. The monoisotopic (exact) mass is 222 g/mol. The van der Waals surface area contributed by atoms with Crippen molar-refractivity contribution in [1.29, 1.82) is 0 Å². The summed E-state index contributed by atoms with van der Waals surface area (Å²) >= 11 is 0. The Morgan fingerprint density at radius 3 is 2.56 bits per heavy atom. The highest BCUT2D eigenvalue weighted by molar-refractivity contribution is 5.75. The molecule has 2 atom stereocenters. The molecule has 0 bridgehead atoms. The van der Waals surface area contributed by atoms with Crippen molar-refractivity contribution in [3.63, 3.8) is 0 Å². The van der Waals surface area contributed by atoms with Crippen LogP contribution in [0, 0.1) is 5.92 Å². The number of carbonyl (C=O) groups is 1. The van der Waals surface area contributed by atoms with Crippen molar-refractivity contribution in [1.82, 2.24) is 10.2 Å². The number of likely N-dealkylation sites (tertiary alicyclic amines) is 1. The Morgan fingerprint density at radius 1 is 1.00 bits per heavy atom. The zero-order valence-electron chi connectivity index (χ0n) is 9.95. The highest BCUT2D eigenvalue weighted by atomic mass is 16.2. The molecule has 0 radical (unpaired) electrons. The second-order valence-electron chi connectivity index (χ2n) is 5.67. The van der Waals surface area contributed by atoms with E-state index < -0.39 is 0 Å². The van der Waals surface area contributed by atoms with Crippen molar-refractivity contribution >= 4 is 6.03 Å². The summed E-state index contributed by atoms with van der Waals surface area (Å²) in [5.41, 5.74) is 0. The second-order valence-corrected chi connectivity index (χ2v) is 5.67. The van der Waals surface area contributed by atoms with Crippen LogP contribution >= 0.6 is 0 Å². The number of rotatable bonds is 1. The Hall–Kier alpha value is -0.730. The first-order valence-electron chi connectivity index (χ1n) is 6.92. The van der Waals surface area contributed by atoms with Gasteiger partial charge in [0.15, 0.2) is 0 Å². The molecule has 1 heterocycles. The molecule has 0 spiro atoms. The van der Waals surface area contributed by atoms with Crippen LogP contribution in [-0.2, 0) is 0 Å². The summed E-state index contributed by atoms with van der Waals surface area (Å²) in [6.07, 6.45) is 10.2. The molecule has 3 rings (SSSR count). The van der Waals surface area contributed by atoms with Gasteiger partial charge in [0.1, 0.15) is 0 Å². The van der Waals surface area contributed by atoms with Gasteiger partial charge in [-0.05, 0) is 44.4 Å². The maximum atomic E-state index is 12.1. The number of nitrogens with zero attached hydrogens (tertiary/aromatic N) is 1. The van der Waals surface area contributed by atoms with Gasteiger partial charge in [0.25, 0.3) is 0 Å². The SMILES string of the molecule is O=C(NC1CCC1)N1CCC2CCCCC21. The number of carbonyl (C=O) groups excluding carboxylic acids is 1. The van der Waals surface area contributed by atoms with Gasteiger partial charge in [0, 0.05) is 18.6 Å². The van der Waals surface area contributed by atoms with Crippen LogP contribution in [0.15, 0.2) is 0 Å². The first-order chi connectivity index (χ1) is 7.84. The highest BCUT2D eigenvalue weighted by Gasteiger charge is 2.38. The van der Waals surface area contributed by atoms with Gasteiger partial charge in [-0.1, -0.05) is 12.8 Å². The average molecular weight is 222 g/mol. The molecule has 3 aliphatic rings. The Bertz CT molecular complexity index is 275. The van der Waals surface area contributed by atoms with E-state index in [1.807, 2.05) is 0 Å². The Kier molecular flexibility index (Phi) is 2.78. The molecule has 2 amide bonds. The number of hydrogen-bond donors (Lipinski definition) is 1. The summed E-state index contributed by atoms with van der Waals surface area (Å²) in [7, 11) is 0. The van der Waals surface area contributed by atoms with Crippen molar-refractivity contribution in [2.75, 3.05) is 6.54 Å². The number of nitrogens with one attached hydrogen (secondary N) is 1. The van der Waals surface area contributed by atoms with E-state index in [1.54, 1.807) is 0 Å². The van der Waals surface area contributed by atoms with Crippen LogP contribution in [0.25, 0.3) is 0 Å². The Labute approximate surface area is 97.6 Å². The van der Waals surface area contributed by atoms with Gasteiger partial charge in [-0.25, -0.2) is 4.79 Å². The first-order valence-corrected chi connectivity index (χ1v) is 6.92. The third-order valence-electron chi connectivity index (χ3n) is 4.70. The van der Waals surface area contributed by atoms with E-state index in [0.717, 1.165) is 12.5 Å². The van der Waals surface area contributed by atoms with Crippen LogP contribution in [0.1, 0.15) is 51.4 Å². The standard InChI is InChI=1S/C13H22N2O/c16-13(14-11-5-3-6-11)15-9-8-10-4-1-2-7-12(10)15/h10-12H,1-9H2,(H,14,16). The maximum Gasteiger partial charge on any atom is 0.317 e. The van der Waals surface area contributed by atoms with Crippen LogP contribution in [0.5, 0.6) is 0 Å². The maximum absolute atomic E-state index is 12.1. The molecule has 0 aromatic carbocycles. The van der Waals surface area contributed by atoms with E-state index in [2.05, 4.69) is 10.2 Å². The van der Waals surface area contributed by atoms with Gasteiger partial charge in [-0.2, -0.15) is 0 Å².